The first-order valence-corrected chi connectivity index (χ1v) is 50.6. The van der Waals surface area contributed by atoms with Gasteiger partial charge in [-0.2, -0.15) is 0 Å². The van der Waals surface area contributed by atoms with Crippen molar-refractivity contribution >= 4 is 131 Å². The molecule has 21 aromatic carbocycles. The van der Waals surface area contributed by atoms with E-state index < -0.39 is 0 Å². The van der Waals surface area contributed by atoms with Gasteiger partial charge in [0.05, 0.1) is 89.0 Å². The van der Waals surface area contributed by atoms with Crippen LogP contribution in [0.1, 0.15) is 0 Å². The second kappa shape index (κ2) is 37.1. The number of fused-ring (bicyclic) bond motifs is 18. The lowest BCUT2D eigenvalue weighted by atomic mass is 10.1. The summed E-state index contributed by atoms with van der Waals surface area (Å²) in [6.07, 6.45) is 0. The zero-order chi connectivity index (χ0) is 99.1. The molecule has 702 valence electrons. The second-order valence-electron chi connectivity index (χ2n) is 37.8. The van der Waals surface area contributed by atoms with E-state index in [1.807, 2.05) is 133 Å². The molecule has 0 amide bonds. The van der Waals surface area contributed by atoms with Crippen LogP contribution >= 0.6 is 0 Å². The maximum Gasteiger partial charge on any atom is 0.164 e. The van der Waals surface area contributed by atoms with Gasteiger partial charge in [0, 0.05) is 149 Å². The molecule has 9 heterocycles. The Balaban J connectivity index is 0.000000108. The minimum Gasteiger partial charge on any atom is -0.309 e. The molecule has 30 aromatic rings. The molecule has 0 bridgehead atoms. The Bertz CT molecular complexity index is 9270. The molecule has 0 fully saturated rings. The first-order valence-electron chi connectivity index (χ1n) is 50.6. The predicted molar refractivity (Wildman–Crippen MR) is 619 cm³/mol. The fourth-order valence-electron chi connectivity index (χ4n) is 22.1. The summed E-state index contributed by atoms with van der Waals surface area (Å²) in [6.45, 7) is 0. The van der Waals surface area contributed by atoms with E-state index in [2.05, 4.69) is 434 Å². The number of rotatable bonds is 15. The van der Waals surface area contributed by atoms with E-state index in [1.165, 1.54) is 125 Å². The van der Waals surface area contributed by atoms with Crippen molar-refractivity contribution in [3.05, 3.63) is 540 Å². The minimum atomic E-state index is 0.641. The van der Waals surface area contributed by atoms with E-state index >= 15 is 0 Å². The highest BCUT2D eigenvalue weighted by Crippen LogP contribution is 2.46. The summed E-state index contributed by atoms with van der Waals surface area (Å²) in [5, 5.41) is 14.8. The maximum atomic E-state index is 5.06. The molecule has 30 rings (SSSR count). The van der Waals surface area contributed by atoms with E-state index in [-0.39, 0.29) is 0 Å². The van der Waals surface area contributed by atoms with Crippen LogP contribution in [0.15, 0.2) is 540 Å². The molecule has 0 aliphatic heterocycles. The first-order chi connectivity index (χ1) is 74.4. The maximum absolute atomic E-state index is 5.06. The van der Waals surface area contributed by atoms with E-state index in [1.54, 1.807) is 0 Å². The van der Waals surface area contributed by atoms with Gasteiger partial charge < -0.3 is 27.4 Å². The minimum absolute atomic E-state index is 0.641. The Morgan fingerprint density at radius 1 is 0.100 bits per heavy atom. The van der Waals surface area contributed by atoms with Crippen LogP contribution in [0.3, 0.4) is 0 Å². The summed E-state index contributed by atoms with van der Waals surface area (Å²) in [5.74, 6) is 3.36. The third-order valence-electron chi connectivity index (χ3n) is 29.0. The first kappa shape index (κ1) is 87.4. The van der Waals surface area contributed by atoms with E-state index in [9.17, 15) is 0 Å². The van der Waals surface area contributed by atoms with Crippen LogP contribution in [0.25, 0.3) is 267 Å². The van der Waals surface area contributed by atoms with Crippen molar-refractivity contribution in [3.8, 4) is 136 Å². The summed E-state index contributed by atoms with van der Waals surface area (Å²) in [5.41, 5.74) is 33.6. The van der Waals surface area contributed by atoms with E-state index in [0.717, 1.165) is 112 Å². The van der Waals surface area contributed by atoms with Crippen LogP contribution in [-0.2, 0) is 0 Å². The molecule has 0 radical (unpaired) electrons. The van der Waals surface area contributed by atoms with Crippen molar-refractivity contribution in [3.63, 3.8) is 0 Å². The molecule has 13 nitrogen and oxygen atoms in total. The lowest BCUT2D eigenvalue weighted by Crippen LogP contribution is -2.00. The van der Waals surface area contributed by atoms with Crippen molar-refractivity contribution in [1.82, 2.24) is 62.3 Å². The fraction of sp³-hybridized carbons (Fsp3) is 0. The van der Waals surface area contributed by atoms with Gasteiger partial charge in [-0.1, -0.05) is 358 Å². The van der Waals surface area contributed by atoms with E-state index in [0.29, 0.717) is 29.1 Å². The fourth-order valence-corrected chi connectivity index (χ4v) is 22.1. The molecule has 0 aliphatic carbocycles. The van der Waals surface area contributed by atoms with Gasteiger partial charge in [0.2, 0.25) is 0 Å². The van der Waals surface area contributed by atoms with Crippen LogP contribution < -0.4 is 0 Å². The molecular weight excluding hydrogens is 1830 g/mol. The zero-order valence-corrected chi connectivity index (χ0v) is 81.2. The van der Waals surface area contributed by atoms with Crippen molar-refractivity contribution in [2.45, 2.75) is 0 Å². The summed E-state index contributed by atoms with van der Waals surface area (Å²) in [7, 11) is 0. The number of benzene rings is 21. The van der Waals surface area contributed by atoms with Gasteiger partial charge in [-0.25, -0.2) is 34.9 Å². The van der Waals surface area contributed by atoms with Crippen molar-refractivity contribution in [2.75, 3.05) is 0 Å². The van der Waals surface area contributed by atoms with Crippen molar-refractivity contribution in [2.24, 2.45) is 0 Å². The van der Waals surface area contributed by atoms with Gasteiger partial charge in [0.15, 0.2) is 29.1 Å². The molecule has 0 aliphatic rings. The molecule has 9 aromatic heterocycles. The van der Waals surface area contributed by atoms with Crippen LogP contribution in [-0.4, -0.2) is 62.3 Å². The van der Waals surface area contributed by atoms with Crippen molar-refractivity contribution in [1.29, 1.82) is 0 Å². The van der Waals surface area contributed by atoms with E-state index in [4.69, 9.17) is 34.9 Å². The highest BCUT2D eigenvalue weighted by Gasteiger charge is 2.26. The molecule has 0 spiro atoms. The molecule has 0 atom stereocenters. The quantitative estimate of drug-likeness (QED) is 0.100. The molecule has 0 unspecified atom stereocenters. The monoisotopic (exact) mass is 1920 g/mol. The normalized spacial score (nSPS) is 11.6. The summed E-state index contributed by atoms with van der Waals surface area (Å²) in [6, 6.07) is 190. The van der Waals surface area contributed by atoms with Crippen LogP contribution in [0.4, 0.5) is 0 Å². The largest absolute Gasteiger partial charge is 0.309 e. The molecule has 13 heteroatoms. The third-order valence-corrected chi connectivity index (χ3v) is 29.0. The topological polar surface area (TPSA) is 120 Å². The molecule has 0 saturated heterocycles. The Labute approximate surface area is 863 Å². The highest BCUT2D eigenvalue weighted by molar-refractivity contribution is 6.22. The summed E-state index contributed by atoms with van der Waals surface area (Å²) in [4.78, 5) is 34.9. The Kier molecular flexibility index (Phi) is 21.6. The number of para-hydroxylation sites is 9. The second-order valence-corrected chi connectivity index (χ2v) is 37.8. The van der Waals surface area contributed by atoms with Crippen LogP contribution in [0, 0.1) is 0 Å². The zero-order valence-electron chi connectivity index (χ0n) is 81.2. The number of hydrogen-bond acceptors (Lipinski definition) is 7. The lowest BCUT2D eigenvalue weighted by molar-refractivity contribution is 1.07. The van der Waals surface area contributed by atoms with Gasteiger partial charge in [-0.3, -0.25) is 0 Å². The standard InChI is InChI=1S/2C46H30N4.C45H29N5/c1-4-14-31(15-5-1)40-30-41(48-46(47-40)33-16-6-2-7-17-33)32-24-26-35(27-25-32)50-43-23-13-11-21-37(43)39-28-44-38(29-45(39)50)36-20-10-12-22-42(36)49(44)34-18-8-3-9-19-34;1-4-14-31(15-5-1)40-30-41(32-16-6-2-7-17-32)48-46(47-40)33-24-26-35(27-25-33)50-43-23-13-11-21-37(43)39-28-44-38(29-45(39)50)36-20-10-12-22-42(36)49(44)34-18-8-3-9-19-34;1-4-14-30(15-5-1)43-46-44(31-16-6-2-7-17-31)48-45(47-43)32-24-26-34(27-25-32)50-40-23-13-11-21-36(40)38-28-41-37(29-42(38)50)35-20-10-12-22-39(35)49(41)33-18-8-3-9-19-33/h2*1-30H;1-29H. The SMILES string of the molecule is c1ccc(-c2cc(-c3ccc(-n4c5ccccc5c5cc6c(cc54)c4ccccc4n6-c4ccccc4)cc3)nc(-c3ccccc3)n2)cc1.c1ccc(-c2cc(-c3ccccc3)nc(-c3ccc(-n4c5ccccc5c5cc6c(cc54)c4ccccc4n6-c4ccccc4)cc3)n2)cc1.c1ccc(-c2nc(-c3ccccc3)nc(-c3ccc(-n4c5ccccc5c5cc6c(cc54)c4ccccc4n6-c4ccccc4)cc3)n2)cc1. The Hall–Kier alpha value is -20.4. The van der Waals surface area contributed by atoms with Gasteiger partial charge in [0.1, 0.15) is 0 Å². The highest BCUT2D eigenvalue weighted by atomic mass is 15.1. The van der Waals surface area contributed by atoms with Gasteiger partial charge in [-0.05, 0) is 182 Å². The average molecular weight is 1920 g/mol. The number of hydrogen-bond donors (Lipinski definition) is 0. The Morgan fingerprint density at radius 3 is 0.453 bits per heavy atom. The molecular formula is C137H89N13. The summed E-state index contributed by atoms with van der Waals surface area (Å²) >= 11 is 0. The molecule has 150 heavy (non-hydrogen) atoms. The number of aromatic nitrogens is 13. The predicted octanol–water partition coefficient (Wildman–Crippen LogP) is 34.4. The average Bonchev–Trinajstić information content (AvgIpc) is 1.56. The smallest absolute Gasteiger partial charge is 0.164 e. The van der Waals surface area contributed by atoms with Gasteiger partial charge in [0.25, 0.3) is 0 Å². The number of nitrogens with zero attached hydrogens (tertiary/aromatic N) is 13. The van der Waals surface area contributed by atoms with Crippen LogP contribution in [0.2, 0.25) is 0 Å². The van der Waals surface area contributed by atoms with Crippen LogP contribution in [0.5, 0.6) is 0 Å². The molecule has 0 N–H and O–H groups in total. The Morgan fingerprint density at radius 2 is 0.247 bits per heavy atom. The summed E-state index contributed by atoms with van der Waals surface area (Å²) < 4.78 is 14.3. The lowest BCUT2D eigenvalue weighted by Gasteiger charge is -2.12. The van der Waals surface area contributed by atoms with Gasteiger partial charge >= 0.3 is 0 Å². The molecule has 0 saturated carbocycles. The van der Waals surface area contributed by atoms with Gasteiger partial charge in [-0.15, -0.1) is 0 Å². The van der Waals surface area contributed by atoms with Crippen molar-refractivity contribution < 1.29 is 0 Å². The third kappa shape index (κ3) is 15.5.